The third kappa shape index (κ3) is 4.68. The Bertz CT molecular complexity index is 1410. The van der Waals surface area contributed by atoms with Crippen LogP contribution in [0.1, 0.15) is 36.4 Å². The molecule has 0 radical (unpaired) electrons. The van der Waals surface area contributed by atoms with E-state index < -0.39 is 12.8 Å². The predicted molar refractivity (Wildman–Crippen MR) is 133 cm³/mol. The lowest BCUT2D eigenvalue weighted by atomic mass is 9.95. The zero-order valence-electron chi connectivity index (χ0n) is 19.5. The molecule has 0 unspecified atom stereocenters. The number of aromatic nitrogens is 2. The summed E-state index contributed by atoms with van der Waals surface area (Å²) in [6.45, 7) is 5.56. The molecule has 0 atom stereocenters. The van der Waals surface area contributed by atoms with Crippen molar-refractivity contribution in [2.24, 2.45) is 0 Å². The van der Waals surface area contributed by atoms with Crippen molar-refractivity contribution in [2.75, 3.05) is 0 Å². The number of para-hydroxylation sites is 2. The highest BCUT2D eigenvalue weighted by atomic mass is 31.2. The highest BCUT2D eigenvalue weighted by Crippen LogP contribution is 2.64. The molecule has 4 rings (SSSR count). The van der Waals surface area contributed by atoms with Crippen molar-refractivity contribution >= 4 is 7.60 Å². The number of hydrogen-bond donors (Lipinski definition) is 1. The van der Waals surface area contributed by atoms with Crippen LogP contribution in [0.5, 0.6) is 11.5 Å². The van der Waals surface area contributed by atoms with Gasteiger partial charge in [-0.2, -0.15) is 10.5 Å². The quantitative estimate of drug-likeness (QED) is 0.293. The summed E-state index contributed by atoms with van der Waals surface area (Å²) in [5, 5.41) is 17.4. The van der Waals surface area contributed by atoms with Crippen molar-refractivity contribution in [3.8, 4) is 35.0 Å². The molecular weight excluding hydrogens is 459 g/mol. The fraction of sp³-hybridized carbons (Fsp3) is 0.148. The number of aryl methyl sites for hydroxylation is 1. The first-order valence-corrected chi connectivity index (χ1v) is 12.4. The van der Waals surface area contributed by atoms with Crippen molar-refractivity contribution in [1.29, 1.82) is 10.5 Å². The average Bonchev–Trinajstić information content (AvgIpc) is 3.28. The Morgan fingerprint density at radius 3 is 1.91 bits per heavy atom. The van der Waals surface area contributed by atoms with Gasteiger partial charge in [0, 0.05) is 5.56 Å². The molecule has 8 heteroatoms. The summed E-state index contributed by atoms with van der Waals surface area (Å²) >= 11 is 0. The molecule has 0 aliphatic rings. The molecule has 4 aromatic rings. The van der Waals surface area contributed by atoms with Gasteiger partial charge in [0.15, 0.2) is 11.4 Å². The van der Waals surface area contributed by atoms with Gasteiger partial charge in [-0.15, -0.1) is 0 Å². The van der Waals surface area contributed by atoms with E-state index in [1.165, 1.54) is 0 Å². The molecule has 0 saturated carbocycles. The van der Waals surface area contributed by atoms with Gasteiger partial charge in [0.1, 0.15) is 34.6 Å². The first-order valence-electron chi connectivity index (χ1n) is 10.9. The maximum atomic E-state index is 14.5. The Balaban J connectivity index is 1.76. The van der Waals surface area contributed by atoms with E-state index in [0.29, 0.717) is 22.9 Å². The molecule has 0 bridgehead atoms. The summed E-state index contributed by atoms with van der Waals surface area (Å²) in [5.74, 6) is 1.30. The molecule has 0 aliphatic carbocycles. The second-order valence-corrected chi connectivity index (χ2v) is 10.9. The Kier molecular flexibility index (Phi) is 6.47. The molecule has 1 aromatic heterocycles. The van der Waals surface area contributed by atoms with Gasteiger partial charge in [-0.3, -0.25) is 0 Å². The minimum absolute atomic E-state index is 0.0431. The molecule has 0 fully saturated rings. The summed E-state index contributed by atoms with van der Waals surface area (Å²) in [7, 11) is -3.83. The predicted octanol–water partition coefficient (Wildman–Crippen LogP) is 6.71. The van der Waals surface area contributed by atoms with E-state index in [4.69, 9.17) is 9.05 Å². The fourth-order valence-electron chi connectivity index (χ4n) is 3.80. The topological polar surface area (TPSA) is 112 Å². The Morgan fingerprint density at radius 1 is 0.886 bits per heavy atom. The van der Waals surface area contributed by atoms with Gasteiger partial charge in [0.25, 0.3) is 0 Å². The first-order chi connectivity index (χ1) is 16.8. The zero-order chi connectivity index (χ0) is 25.1. The summed E-state index contributed by atoms with van der Waals surface area (Å²) < 4.78 is 26.6. The molecule has 1 N–H and O–H groups in total. The van der Waals surface area contributed by atoms with Crippen molar-refractivity contribution in [3.63, 3.8) is 0 Å². The number of H-pyrrole nitrogens is 1. The van der Waals surface area contributed by atoms with Gasteiger partial charge in [0.2, 0.25) is 0 Å². The number of nitrogens with one attached hydrogen (secondary N) is 1. The average molecular weight is 482 g/mol. The monoisotopic (exact) mass is 482 g/mol. The van der Waals surface area contributed by atoms with Crippen LogP contribution in [0.2, 0.25) is 0 Å². The van der Waals surface area contributed by atoms with Crippen LogP contribution in [-0.4, -0.2) is 9.97 Å². The SMILES string of the molecule is Cc1cc(-c2nc(C#N)c(C#N)[nH]2)ccc1C(C)(C)P(=O)(Oc1ccccc1)Oc1ccccc1. The van der Waals surface area contributed by atoms with Gasteiger partial charge in [-0.05, 0) is 62.2 Å². The minimum atomic E-state index is -3.83. The van der Waals surface area contributed by atoms with Crippen molar-refractivity contribution in [3.05, 3.63) is 101 Å². The summed E-state index contributed by atoms with van der Waals surface area (Å²) in [6, 6.07) is 27.3. The van der Waals surface area contributed by atoms with Crippen LogP contribution in [0.25, 0.3) is 11.4 Å². The van der Waals surface area contributed by atoms with Crippen LogP contribution in [0.15, 0.2) is 78.9 Å². The van der Waals surface area contributed by atoms with Crippen LogP contribution in [0.3, 0.4) is 0 Å². The van der Waals surface area contributed by atoms with Crippen molar-refractivity contribution < 1.29 is 13.6 Å². The second-order valence-electron chi connectivity index (χ2n) is 8.43. The number of nitriles is 2. The van der Waals surface area contributed by atoms with Gasteiger partial charge >= 0.3 is 7.60 Å². The maximum absolute atomic E-state index is 14.5. The Labute approximate surface area is 204 Å². The lowest BCUT2D eigenvalue weighted by Gasteiger charge is -2.34. The number of aromatic amines is 1. The molecule has 174 valence electrons. The lowest BCUT2D eigenvalue weighted by Crippen LogP contribution is -2.25. The molecular formula is C27H23N4O3P. The second kappa shape index (κ2) is 9.50. The normalized spacial score (nSPS) is 11.3. The van der Waals surface area contributed by atoms with Crippen LogP contribution in [-0.2, 0) is 9.72 Å². The van der Waals surface area contributed by atoms with E-state index in [1.807, 2.05) is 81.4 Å². The lowest BCUT2D eigenvalue weighted by molar-refractivity contribution is 0.351. The van der Waals surface area contributed by atoms with Gasteiger partial charge in [0.05, 0.1) is 0 Å². The van der Waals surface area contributed by atoms with Crippen LogP contribution >= 0.6 is 7.60 Å². The standard InChI is InChI=1S/C27H23N4O3P/c1-19-16-20(26-30-24(17-28)25(18-29)31-26)14-15-23(19)27(2,3)35(32,33-21-10-6-4-7-11-21)34-22-12-8-5-9-13-22/h4-16H,1-3H3,(H,30,31). The zero-order valence-corrected chi connectivity index (χ0v) is 20.4. The van der Waals surface area contributed by atoms with Gasteiger partial charge in [-0.25, -0.2) is 9.55 Å². The third-order valence-corrected chi connectivity index (χ3v) is 8.22. The Morgan fingerprint density at radius 2 is 1.46 bits per heavy atom. The van der Waals surface area contributed by atoms with Gasteiger partial charge < -0.3 is 14.0 Å². The largest absolute Gasteiger partial charge is 0.440 e. The number of nitrogens with zero attached hydrogens (tertiary/aromatic N) is 3. The van der Waals surface area contributed by atoms with E-state index in [2.05, 4.69) is 9.97 Å². The van der Waals surface area contributed by atoms with Crippen LogP contribution in [0, 0.1) is 29.6 Å². The highest BCUT2D eigenvalue weighted by molar-refractivity contribution is 7.56. The van der Waals surface area contributed by atoms with Crippen molar-refractivity contribution in [2.45, 2.75) is 25.9 Å². The summed E-state index contributed by atoms with van der Waals surface area (Å²) in [5.41, 5.74) is 2.45. The fourth-order valence-corrected chi connectivity index (χ4v) is 5.64. The molecule has 0 aliphatic heterocycles. The van der Waals surface area contributed by atoms with E-state index in [9.17, 15) is 15.1 Å². The molecule has 1 heterocycles. The van der Waals surface area contributed by atoms with E-state index >= 15 is 0 Å². The third-order valence-electron chi connectivity index (χ3n) is 5.70. The van der Waals surface area contributed by atoms with E-state index in [0.717, 1.165) is 11.1 Å². The van der Waals surface area contributed by atoms with Crippen LogP contribution < -0.4 is 9.05 Å². The smallest absolute Gasteiger partial charge is 0.415 e. The van der Waals surface area contributed by atoms with Crippen molar-refractivity contribution in [1.82, 2.24) is 9.97 Å². The minimum Gasteiger partial charge on any atom is -0.415 e. The molecule has 0 spiro atoms. The summed E-state index contributed by atoms with van der Waals surface area (Å²) in [4.78, 5) is 7.10. The molecule has 35 heavy (non-hydrogen) atoms. The molecule has 7 nitrogen and oxygen atoms in total. The van der Waals surface area contributed by atoms with E-state index in [-0.39, 0.29) is 11.4 Å². The maximum Gasteiger partial charge on any atom is 0.440 e. The van der Waals surface area contributed by atoms with Gasteiger partial charge in [-0.1, -0.05) is 48.5 Å². The first kappa shape index (κ1) is 23.8. The Hall–Kier alpha value is -4.32. The number of rotatable bonds is 7. The number of hydrogen-bond acceptors (Lipinski definition) is 6. The van der Waals surface area contributed by atoms with Crippen LogP contribution in [0.4, 0.5) is 0 Å². The van der Waals surface area contributed by atoms with E-state index in [1.54, 1.807) is 30.3 Å². The number of benzene rings is 3. The number of imidazole rings is 1. The summed E-state index contributed by atoms with van der Waals surface area (Å²) in [6.07, 6.45) is 0. The molecule has 0 saturated heterocycles. The highest BCUT2D eigenvalue weighted by Gasteiger charge is 2.49. The molecule has 3 aromatic carbocycles. The molecule has 0 amide bonds.